The van der Waals surface area contributed by atoms with Crippen LogP contribution in [0.25, 0.3) is 10.9 Å². The second-order valence-electron chi connectivity index (χ2n) is 3.46. The number of aromatic nitrogens is 1. The van der Waals surface area contributed by atoms with Gasteiger partial charge in [-0.25, -0.2) is 4.39 Å². The lowest BCUT2D eigenvalue weighted by molar-refractivity contribution is 0.387. The van der Waals surface area contributed by atoms with Gasteiger partial charge in [0, 0.05) is 17.1 Å². The molecule has 0 unspecified atom stereocenters. The fourth-order valence-electron chi connectivity index (χ4n) is 1.64. The molecule has 0 saturated carbocycles. The lowest BCUT2D eigenvalue weighted by Crippen LogP contribution is -2.08. The molecule has 0 fully saturated rings. The van der Waals surface area contributed by atoms with Gasteiger partial charge in [-0.3, -0.25) is 10.8 Å². The molecule has 2 aromatic rings. The quantitative estimate of drug-likeness (QED) is 0.601. The van der Waals surface area contributed by atoms with Crippen LogP contribution in [0.2, 0.25) is 0 Å². The lowest BCUT2D eigenvalue weighted by Gasteiger charge is -2.09. The molecular formula is C11H12FN3O. The molecule has 16 heavy (non-hydrogen) atoms. The predicted octanol–water partition coefficient (Wildman–Crippen LogP) is 1.98. The van der Waals surface area contributed by atoms with Gasteiger partial charge in [-0.05, 0) is 19.1 Å². The van der Waals surface area contributed by atoms with Crippen LogP contribution in [-0.4, -0.2) is 12.1 Å². The van der Waals surface area contributed by atoms with Crippen LogP contribution in [0.15, 0.2) is 18.2 Å². The molecule has 2 rings (SSSR count). The zero-order chi connectivity index (χ0) is 11.7. The van der Waals surface area contributed by atoms with E-state index in [0.717, 1.165) is 11.1 Å². The van der Waals surface area contributed by atoms with Gasteiger partial charge in [0.25, 0.3) is 0 Å². The fraction of sp³-hybridized carbons (Fsp3) is 0.182. The number of nitrogens with zero attached hydrogens (tertiary/aromatic N) is 1. The molecule has 84 valence electrons. The van der Waals surface area contributed by atoms with Crippen molar-refractivity contribution in [1.29, 1.82) is 0 Å². The van der Waals surface area contributed by atoms with Crippen LogP contribution in [0.3, 0.4) is 0 Å². The monoisotopic (exact) mass is 221 g/mol. The number of benzene rings is 1. The summed E-state index contributed by atoms with van der Waals surface area (Å²) in [5, 5.41) is 0.728. The summed E-state index contributed by atoms with van der Waals surface area (Å²) in [6.07, 6.45) is 0. The number of halogens is 1. The Kier molecular flexibility index (Phi) is 2.62. The molecule has 1 aromatic heterocycles. The van der Waals surface area contributed by atoms with Gasteiger partial charge in [-0.15, -0.1) is 0 Å². The van der Waals surface area contributed by atoms with Gasteiger partial charge in [0.2, 0.25) is 0 Å². The molecule has 0 radical (unpaired) electrons. The summed E-state index contributed by atoms with van der Waals surface area (Å²) >= 11 is 0. The first-order chi connectivity index (χ1) is 7.65. The minimum absolute atomic E-state index is 0.176. The van der Waals surface area contributed by atoms with Gasteiger partial charge < -0.3 is 10.2 Å². The minimum atomic E-state index is -0.434. The van der Waals surface area contributed by atoms with Crippen molar-refractivity contribution in [3.05, 3.63) is 29.7 Å². The highest BCUT2D eigenvalue weighted by Gasteiger charge is 2.09. The number of fused-ring (bicyclic) bond motifs is 1. The first-order valence-electron chi connectivity index (χ1n) is 4.77. The topological polar surface area (TPSA) is 60.2 Å². The Balaban J connectivity index is 2.79. The zero-order valence-electron chi connectivity index (χ0n) is 9.04. The number of ether oxygens (including phenoxy) is 1. The highest BCUT2D eigenvalue weighted by atomic mass is 19.1. The number of nitrogens with one attached hydrogen (secondary N) is 1. The molecule has 0 aliphatic carbocycles. The summed E-state index contributed by atoms with van der Waals surface area (Å²) in [4.78, 5) is 4.23. The predicted molar refractivity (Wildman–Crippen MR) is 60.8 cm³/mol. The first-order valence-corrected chi connectivity index (χ1v) is 4.77. The molecular weight excluding hydrogens is 209 g/mol. The van der Waals surface area contributed by atoms with E-state index in [0.29, 0.717) is 11.2 Å². The molecule has 0 aliphatic rings. The number of rotatable bonds is 2. The Morgan fingerprint density at radius 2 is 2.12 bits per heavy atom. The number of nitrogen functional groups attached to an aromatic ring is 1. The zero-order valence-corrected chi connectivity index (χ0v) is 9.04. The van der Waals surface area contributed by atoms with Crippen LogP contribution in [0.4, 0.5) is 10.1 Å². The Morgan fingerprint density at radius 3 is 2.75 bits per heavy atom. The van der Waals surface area contributed by atoms with Crippen molar-refractivity contribution < 1.29 is 9.13 Å². The molecule has 0 atom stereocenters. The third kappa shape index (κ3) is 1.65. The summed E-state index contributed by atoms with van der Waals surface area (Å²) in [7, 11) is 1.42. The van der Waals surface area contributed by atoms with Crippen molar-refractivity contribution >= 4 is 16.6 Å². The molecule has 4 nitrogen and oxygen atoms in total. The Labute approximate surface area is 92.2 Å². The van der Waals surface area contributed by atoms with Gasteiger partial charge in [0.1, 0.15) is 0 Å². The Morgan fingerprint density at radius 1 is 1.38 bits per heavy atom. The number of hydrogen-bond donors (Lipinski definition) is 2. The number of hydrazine groups is 1. The molecule has 5 heteroatoms. The van der Waals surface area contributed by atoms with Crippen LogP contribution in [-0.2, 0) is 0 Å². The van der Waals surface area contributed by atoms with E-state index in [2.05, 4.69) is 10.4 Å². The molecule has 0 aliphatic heterocycles. The van der Waals surface area contributed by atoms with Crippen LogP contribution in [0, 0.1) is 12.7 Å². The standard InChI is InChI=1S/C11H12FN3O/c1-6-3-10(15-13)7-4-11(16-2)8(12)5-9(7)14-6/h3-5H,13H2,1-2H3,(H,14,15). The maximum absolute atomic E-state index is 13.5. The molecule has 1 aromatic carbocycles. The number of hydrogen-bond acceptors (Lipinski definition) is 4. The summed E-state index contributed by atoms with van der Waals surface area (Å²) in [6, 6.07) is 4.70. The van der Waals surface area contributed by atoms with Gasteiger partial charge in [0.05, 0.1) is 18.3 Å². The Hall–Kier alpha value is -1.88. The molecule has 0 saturated heterocycles. The summed E-state index contributed by atoms with van der Waals surface area (Å²) in [5.41, 5.74) is 4.57. The van der Waals surface area contributed by atoms with Crippen molar-refractivity contribution in [2.45, 2.75) is 6.92 Å². The average Bonchev–Trinajstić information content (AvgIpc) is 2.26. The molecule has 0 bridgehead atoms. The van der Waals surface area contributed by atoms with E-state index >= 15 is 0 Å². The fourth-order valence-corrected chi connectivity index (χ4v) is 1.64. The summed E-state index contributed by atoms with van der Waals surface area (Å²) in [5.74, 6) is 5.14. The van der Waals surface area contributed by atoms with Crippen LogP contribution < -0.4 is 16.0 Å². The van der Waals surface area contributed by atoms with E-state index < -0.39 is 5.82 Å². The maximum atomic E-state index is 13.5. The number of nitrogens with two attached hydrogens (primary N) is 1. The highest BCUT2D eigenvalue weighted by molar-refractivity contribution is 5.92. The van der Waals surface area contributed by atoms with Crippen molar-refractivity contribution in [3.8, 4) is 5.75 Å². The minimum Gasteiger partial charge on any atom is -0.494 e. The van der Waals surface area contributed by atoms with E-state index in [1.54, 1.807) is 12.1 Å². The van der Waals surface area contributed by atoms with Crippen molar-refractivity contribution in [1.82, 2.24) is 4.98 Å². The maximum Gasteiger partial charge on any atom is 0.167 e. The van der Waals surface area contributed by atoms with Gasteiger partial charge in [-0.1, -0.05) is 0 Å². The smallest absolute Gasteiger partial charge is 0.167 e. The van der Waals surface area contributed by atoms with Crippen LogP contribution >= 0.6 is 0 Å². The third-order valence-corrected chi connectivity index (χ3v) is 2.37. The number of methoxy groups -OCH3 is 1. The lowest BCUT2D eigenvalue weighted by atomic mass is 10.1. The van der Waals surface area contributed by atoms with Crippen LogP contribution in [0.5, 0.6) is 5.75 Å². The van der Waals surface area contributed by atoms with E-state index in [1.165, 1.54) is 13.2 Å². The number of aryl methyl sites for hydroxylation is 1. The van der Waals surface area contributed by atoms with E-state index in [9.17, 15) is 4.39 Å². The van der Waals surface area contributed by atoms with Gasteiger partial charge in [-0.2, -0.15) is 0 Å². The molecule has 1 heterocycles. The van der Waals surface area contributed by atoms with Crippen LogP contribution in [0.1, 0.15) is 5.69 Å². The van der Waals surface area contributed by atoms with Crippen molar-refractivity contribution in [2.75, 3.05) is 12.5 Å². The Bertz CT molecular complexity index is 542. The molecule has 0 amide bonds. The van der Waals surface area contributed by atoms with Crippen molar-refractivity contribution in [2.24, 2.45) is 5.84 Å². The van der Waals surface area contributed by atoms with E-state index in [-0.39, 0.29) is 5.75 Å². The second-order valence-corrected chi connectivity index (χ2v) is 3.46. The normalized spacial score (nSPS) is 10.5. The average molecular weight is 221 g/mol. The highest BCUT2D eigenvalue weighted by Crippen LogP contribution is 2.28. The van der Waals surface area contributed by atoms with E-state index in [1.807, 2.05) is 6.92 Å². The molecule has 0 spiro atoms. The second kappa shape index (κ2) is 3.94. The first kappa shape index (κ1) is 10.6. The third-order valence-electron chi connectivity index (χ3n) is 2.37. The van der Waals surface area contributed by atoms with E-state index in [4.69, 9.17) is 10.6 Å². The van der Waals surface area contributed by atoms with Gasteiger partial charge in [0.15, 0.2) is 11.6 Å². The number of pyridine rings is 1. The SMILES string of the molecule is COc1cc2c(NN)cc(C)nc2cc1F. The van der Waals surface area contributed by atoms with Crippen molar-refractivity contribution in [3.63, 3.8) is 0 Å². The van der Waals surface area contributed by atoms with Gasteiger partial charge >= 0.3 is 0 Å². The number of anilines is 1. The summed E-state index contributed by atoms with van der Waals surface area (Å²) < 4.78 is 18.4. The molecule has 3 N–H and O–H groups in total. The largest absolute Gasteiger partial charge is 0.494 e. The summed E-state index contributed by atoms with van der Waals surface area (Å²) in [6.45, 7) is 1.82.